The Kier molecular flexibility index (Phi) is 4.09. The molecule has 0 radical (unpaired) electrons. The molecule has 1 aliphatic heterocycles. The van der Waals surface area contributed by atoms with Gasteiger partial charge in [0.2, 0.25) is 0 Å². The topological polar surface area (TPSA) is 34.0 Å². The fraction of sp³-hybridized carbons (Fsp3) is 0.263. The summed E-state index contributed by atoms with van der Waals surface area (Å²) in [6.45, 7) is 3.76. The van der Waals surface area contributed by atoms with Crippen molar-refractivity contribution in [2.24, 2.45) is 0 Å². The van der Waals surface area contributed by atoms with E-state index < -0.39 is 0 Å². The first-order chi connectivity index (χ1) is 11.8. The number of pyridine rings is 1. The summed E-state index contributed by atoms with van der Waals surface area (Å²) in [5.41, 5.74) is 4.35. The molecule has 4 rings (SSSR count). The molecule has 3 heterocycles. The van der Waals surface area contributed by atoms with Crippen LogP contribution in [0, 0.1) is 5.82 Å². The Labute approximate surface area is 140 Å². The number of aromatic nitrogens is 3. The largest absolute Gasteiger partial charge is 0.293 e. The molecule has 3 aromatic rings. The standard InChI is InChI=1S/C19H19FN4/c20-17-4-2-16(3-5-17)19-12-18-14-23(10-1-11-24(18)22-19)13-15-6-8-21-9-7-15/h2-9,12H,1,10-11,13-14H2. The highest BCUT2D eigenvalue weighted by atomic mass is 19.1. The van der Waals surface area contributed by atoms with Gasteiger partial charge in [-0.25, -0.2) is 4.39 Å². The van der Waals surface area contributed by atoms with Gasteiger partial charge in [-0.1, -0.05) is 0 Å². The number of hydrogen-bond acceptors (Lipinski definition) is 3. The van der Waals surface area contributed by atoms with Crippen molar-refractivity contribution in [1.29, 1.82) is 0 Å². The third kappa shape index (κ3) is 3.21. The van der Waals surface area contributed by atoms with Crippen LogP contribution < -0.4 is 0 Å². The van der Waals surface area contributed by atoms with Crippen molar-refractivity contribution >= 4 is 0 Å². The highest BCUT2D eigenvalue weighted by Crippen LogP contribution is 2.23. The third-order valence-corrected chi connectivity index (χ3v) is 4.39. The van der Waals surface area contributed by atoms with Gasteiger partial charge in [0.05, 0.1) is 11.4 Å². The molecule has 24 heavy (non-hydrogen) atoms. The highest BCUT2D eigenvalue weighted by Gasteiger charge is 2.17. The lowest BCUT2D eigenvalue weighted by Gasteiger charge is -2.19. The van der Waals surface area contributed by atoms with Gasteiger partial charge in [0.25, 0.3) is 0 Å². The van der Waals surface area contributed by atoms with Crippen molar-refractivity contribution in [3.8, 4) is 11.3 Å². The predicted molar refractivity (Wildman–Crippen MR) is 90.6 cm³/mol. The van der Waals surface area contributed by atoms with Gasteiger partial charge in [-0.05, 0) is 54.4 Å². The molecular weight excluding hydrogens is 303 g/mol. The average molecular weight is 322 g/mol. The van der Waals surface area contributed by atoms with Crippen LogP contribution in [0.15, 0.2) is 54.9 Å². The number of benzene rings is 1. The van der Waals surface area contributed by atoms with E-state index in [-0.39, 0.29) is 5.82 Å². The SMILES string of the molecule is Fc1ccc(-c2cc3n(n2)CCCN(Cc2ccncc2)C3)cc1. The number of hydrogen-bond donors (Lipinski definition) is 0. The van der Waals surface area contributed by atoms with Gasteiger partial charge in [0, 0.05) is 44.1 Å². The molecule has 1 aliphatic rings. The van der Waals surface area contributed by atoms with Crippen molar-refractivity contribution in [2.45, 2.75) is 26.1 Å². The molecule has 5 heteroatoms. The first-order valence-electron chi connectivity index (χ1n) is 8.22. The molecule has 0 saturated heterocycles. The lowest BCUT2D eigenvalue weighted by Crippen LogP contribution is -2.22. The van der Waals surface area contributed by atoms with Crippen molar-refractivity contribution in [3.05, 3.63) is 71.9 Å². The van der Waals surface area contributed by atoms with Gasteiger partial charge in [-0.2, -0.15) is 5.10 Å². The van der Waals surface area contributed by atoms with Crippen molar-refractivity contribution in [1.82, 2.24) is 19.7 Å². The summed E-state index contributed by atoms with van der Waals surface area (Å²) in [7, 11) is 0. The zero-order valence-corrected chi connectivity index (χ0v) is 13.4. The molecular formula is C19H19FN4. The van der Waals surface area contributed by atoms with E-state index in [1.807, 2.05) is 12.4 Å². The van der Waals surface area contributed by atoms with Gasteiger partial charge < -0.3 is 0 Å². The fourth-order valence-corrected chi connectivity index (χ4v) is 3.17. The van der Waals surface area contributed by atoms with E-state index in [9.17, 15) is 4.39 Å². The van der Waals surface area contributed by atoms with Crippen LogP contribution in [0.1, 0.15) is 17.7 Å². The van der Waals surface area contributed by atoms with Gasteiger partial charge in [-0.3, -0.25) is 14.6 Å². The summed E-state index contributed by atoms with van der Waals surface area (Å²) < 4.78 is 15.2. The minimum absolute atomic E-state index is 0.219. The number of rotatable bonds is 3. The van der Waals surface area contributed by atoms with Crippen molar-refractivity contribution < 1.29 is 4.39 Å². The molecule has 0 N–H and O–H groups in total. The average Bonchev–Trinajstić information content (AvgIpc) is 2.90. The molecule has 0 spiro atoms. The molecule has 1 aromatic carbocycles. The van der Waals surface area contributed by atoms with Gasteiger partial charge in [0.1, 0.15) is 5.82 Å². The van der Waals surface area contributed by atoms with E-state index in [1.54, 1.807) is 12.1 Å². The summed E-state index contributed by atoms with van der Waals surface area (Å²) in [6.07, 6.45) is 4.75. The predicted octanol–water partition coefficient (Wildman–Crippen LogP) is 3.49. The normalized spacial score (nSPS) is 15.0. The van der Waals surface area contributed by atoms with Crippen LogP contribution in [0.5, 0.6) is 0 Å². The first-order valence-corrected chi connectivity index (χ1v) is 8.22. The Morgan fingerprint density at radius 1 is 1.00 bits per heavy atom. The molecule has 0 saturated carbocycles. The van der Waals surface area contributed by atoms with Crippen LogP contribution in [0.3, 0.4) is 0 Å². The first kappa shape index (κ1) is 15.0. The number of aryl methyl sites for hydroxylation is 1. The molecule has 0 bridgehead atoms. The Hall–Kier alpha value is -2.53. The second kappa shape index (κ2) is 6.53. The van der Waals surface area contributed by atoms with E-state index in [1.165, 1.54) is 23.4 Å². The molecule has 4 nitrogen and oxygen atoms in total. The van der Waals surface area contributed by atoms with E-state index in [2.05, 4.69) is 32.8 Å². The Balaban J connectivity index is 1.55. The molecule has 2 aromatic heterocycles. The van der Waals surface area contributed by atoms with Crippen LogP contribution in [0.4, 0.5) is 4.39 Å². The van der Waals surface area contributed by atoms with Crippen LogP contribution in [-0.2, 0) is 19.6 Å². The maximum absolute atomic E-state index is 13.1. The third-order valence-electron chi connectivity index (χ3n) is 4.39. The van der Waals surface area contributed by atoms with Crippen LogP contribution in [0.25, 0.3) is 11.3 Å². The lowest BCUT2D eigenvalue weighted by molar-refractivity contribution is 0.261. The minimum atomic E-state index is -0.219. The van der Waals surface area contributed by atoms with Gasteiger partial charge >= 0.3 is 0 Å². The number of nitrogens with zero attached hydrogens (tertiary/aromatic N) is 4. The Morgan fingerprint density at radius 3 is 2.58 bits per heavy atom. The second-order valence-electron chi connectivity index (χ2n) is 6.17. The summed E-state index contributed by atoms with van der Waals surface area (Å²) in [4.78, 5) is 6.51. The molecule has 0 atom stereocenters. The van der Waals surface area contributed by atoms with E-state index in [4.69, 9.17) is 5.10 Å². The lowest BCUT2D eigenvalue weighted by atomic mass is 10.1. The maximum Gasteiger partial charge on any atom is 0.123 e. The second-order valence-corrected chi connectivity index (χ2v) is 6.17. The molecule has 0 fully saturated rings. The van der Waals surface area contributed by atoms with Gasteiger partial charge in [-0.15, -0.1) is 0 Å². The number of fused-ring (bicyclic) bond motifs is 1. The summed E-state index contributed by atoms with van der Waals surface area (Å²) in [5, 5.41) is 4.71. The smallest absolute Gasteiger partial charge is 0.123 e. The van der Waals surface area contributed by atoms with Crippen molar-refractivity contribution in [3.63, 3.8) is 0 Å². The Morgan fingerprint density at radius 2 is 1.79 bits per heavy atom. The summed E-state index contributed by atoms with van der Waals surface area (Å²) in [6, 6.07) is 12.8. The van der Waals surface area contributed by atoms with E-state index >= 15 is 0 Å². The summed E-state index contributed by atoms with van der Waals surface area (Å²) in [5.74, 6) is -0.219. The highest BCUT2D eigenvalue weighted by molar-refractivity contribution is 5.59. The molecule has 0 unspecified atom stereocenters. The zero-order chi connectivity index (χ0) is 16.4. The van der Waals surface area contributed by atoms with Gasteiger partial charge in [0.15, 0.2) is 0 Å². The zero-order valence-electron chi connectivity index (χ0n) is 13.4. The van der Waals surface area contributed by atoms with Crippen LogP contribution in [-0.4, -0.2) is 26.2 Å². The Bertz CT molecular complexity index is 811. The summed E-state index contributed by atoms with van der Waals surface area (Å²) >= 11 is 0. The number of halogens is 1. The van der Waals surface area contributed by atoms with E-state index in [0.717, 1.165) is 43.9 Å². The molecule has 0 amide bonds. The monoisotopic (exact) mass is 322 g/mol. The maximum atomic E-state index is 13.1. The minimum Gasteiger partial charge on any atom is -0.293 e. The fourth-order valence-electron chi connectivity index (χ4n) is 3.17. The molecule has 0 aliphatic carbocycles. The van der Waals surface area contributed by atoms with Crippen molar-refractivity contribution in [2.75, 3.05) is 6.54 Å². The van der Waals surface area contributed by atoms with Crippen LogP contribution >= 0.6 is 0 Å². The van der Waals surface area contributed by atoms with E-state index in [0.29, 0.717) is 0 Å². The molecule has 122 valence electrons. The van der Waals surface area contributed by atoms with Crippen LogP contribution in [0.2, 0.25) is 0 Å². The quantitative estimate of drug-likeness (QED) is 0.740.